The van der Waals surface area contributed by atoms with Crippen molar-refractivity contribution in [1.29, 1.82) is 5.26 Å². The minimum Gasteiger partial charge on any atom is -0.334 e. The first kappa shape index (κ1) is 12.7. The van der Waals surface area contributed by atoms with Crippen LogP contribution in [0.1, 0.15) is 29.8 Å². The molecule has 1 N–H and O–H groups in total. The summed E-state index contributed by atoms with van der Waals surface area (Å²) >= 11 is 3.37. The van der Waals surface area contributed by atoms with Gasteiger partial charge in [0, 0.05) is 10.0 Å². The Balaban J connectivity index is 2.91. The highest BCUT2D eigenvalue weighted by Gasteiger charge is 2.20. The molecule has 0 bridgehead atoms. The quantitative estimate of drug-likeness (QED) is 0.906. The van der Waals surface area contributed by atoms with Gasteiger partial charge in [0.1, 0.15) is 5.54 Å². The minimum absolute atomic E-state index is 0.234. The fourth-order valence-corrected chi connectivity index (χ4v) is 1.42. The van der Waals surface area contributed by atoms with Crippen LogP contribution >= 0.6 is 15.9 Å². The van der Waals surface area contributed by atoms with Gasteiger partial charge in [0.2, 0.25) is 0 Å². The fraction of sp³-hybridized carbons (Fsp3) is 0.333. The number of amides is 1. The minimum atomic E-state index is -0.849. The average molecular weight is 281 g/mol. The summed E-state index contributed by atoms with van der Waals surface area (Å²) in [6.07, 6.45) is 0. The Hall–Kier alpha value is -1.34. The van der Waals surface area contributed by atoms with E-state index < -0.39 is 5.54 Å². The van der Waals surface area contributed by atoms with Crippen LogP contribution in [0, 0.1) is 18.3 Å². The smallest absolute Gasteiger partial charge is 0.252 e. The molecule has 0 spiro atoms. The molecule has 4 heteroatoms. The van der Waals surface area contributed by atoms with Gasteiger partial charge < -0.3 is 5.32 Å². The molecule has 1 rings (SSSR count). The summed E-state index contributed by atoms with van der Waals surface area (Å²) in [6, 6.07) is 7.36. The van der Waals surface area contributed by atoms with Crippen LogP contribution in [0.3, 0.4) is 0 Å². The van der Waals surface area contributed by atoms with Crippen LogP contribution in [-0.4, -0.2) is 11.4 Å². The second kappa shape index (κ2) is 4.67. The lowest BCUT2D eigenvalue weighted by atomic mass is 10.1. The zero-order valence-electron chi connectivity index (χ0n) is 9.47. The number of halogens is 1. The van der Waals surface area contributed by atoms with Crippen molar-refractivity contribution < 1.29 is 4.79 Å². The second-order valence-electron chi connectivity index (χ2n) is 4.15. The van der Waals surface area contributed by atoms with E-state index in [4.69, 9.17) is 5.26 Å². The summed E-state index contributed by atoms with van der Waals surface area (Å²) in [5.41, 5.74) is 0.698. The lowest BCUT2D eigenvalue weighted by Gasteiger charge is -2.17. The lowest BCUT2D eigenvalue weighted by Crippen LogP contribution is -2.42. The third kappa shape index (κ3) is 3.07. The van der Waals surface area contributed by atoms with Gasteiger partial charge in [-0.15, -0.1) is 0 Å². The Morgan fingerprint density at radius 3 is 2.62 bits per heavy atom. The number of nitrogens with one attached hydrogen (secondary N) is 1. The van der Waals surface area contributed by atoms with Crippen molar-refractivity contribution in [2.45, 2.75) is 26.3 Å². The van der Waals surface area contributed by atoms with E-state index in [1.54, 1.807) is 26.0 Å². The van der Waals surface area contributed by atoms with Crippen LogP contribution in [0.25, 0.3) is 0 Å². The monoisotopic (exact) mass is 280 g/mol. The molecule has 0 aliphatic carbocycles. The molecule has 0 aliphatic heterocycles. The molecule has 3 nitrogen and oxygen atoms in total. The van der Waals surface area contributed by atoms with Crippen LogP contribution in [0.2, 0.25) is 0 Å². The van der Waals surface area contributed by atoms with E-state index in [1.165, 1.54) is 0 Å². The van der Waals surface area contributed by atoms with Crippen LogP contribution in [0.15, 0.2) is 22.7 Å². The molecule has 0 aliphatic rings. The first-order chi connectivity index (χ1) is 7.35. The number of nitrogens with zero attached hydrogens (tertiary/aromatic N) is 1. The third-order valence-corrected chi connectivity index (χ3v) is 3.02. The van der Waals surface area contributed by atoms with Crippen molar-refractivity contribution in [3.8, 4) is 6.07 Å². The topological polar surface area (TPSA) is 52.9 Å². The Bertz CT molecular complexity index is 461. The Morgan fingerprint density at radius 1 is 1.50 bits per heavy atom. The standard InChI is InChI=1S/C12H13BrN2O/c1-8-6-9(4-5-10(8)13)11(16)15-12(2,3)7-14/h4-6H,1-3H3,(H,15,16). The molecule has 1 aromatic rings. The number of hydrogen-bond acceptors (Lipinski definition) is 2. The number of carbonyl (C=O) groups excluding carboxylic acids is 1. The van der Waals surface area contributed by atoms with Gasteiger partial charge in [-0.25, -0.2) is 0 Å². The number of benzene rings is 1. The maximum absolute atomic E-state index is 11.8. The first-order valence-electron chi connectivity index (χ1n) is 4.85. The van der Waals surface area contributed by atoms with Crippen molar-refractivity contribution in [2.24, 2.45) is 0 Å². The van der Waals surface area contributed by atoms with E-state index in [9.17, 15) is 4.79 Å². The molecule has 16 heavy (non-hydrogen) atoms. The maximum Gasteiger partial charge on any atom is 0.252 e. The largest absolute Gasteiger partial charge is 0.334 e. The van der Waals surface area contributed by atoms with Gasteiger partial charge in [-0.3, -0.25) is 4.79 Å². The van der Waals surface area contributed by atoms with E-state index >= 15 is 0 Å². The SMILES string of the molecule is Cc1cc(C(=O)NC(C)(C)C#N)ccc1Br. The zero-order chi connectivity index (χ0) is 12.3. The molecule has 0 unspecified atom stereocenters. The molecular formula is C12H13BrN2O. The average Bonchev–Trinajstić information content (AvgIpc) is 2.21. The van der Waals surface area contributed by atoms with Crippen molar-refractivity contribution >= 4 is 21.8 Å². The Kier molecular flexibility index (Phi) is 3.71. The zero-order valence-corrected chi connectivity index (χ0v) is 11.1. The molecular weight excluding hydrogens is 268 g/mol. The Morgan fingerprint density at radius 2 is 2.12 bits per heavy atom. The van der Waals surface area contributed by atoms with Crippen molar-refractivity contribution in [3.05, 3.63) is 33.8 Å². The first-order valence-corrected chi connectivity index (χ1v) is 5.65. The summed E-state index contributed by atoms with van der Waals surface area (Å²) in [7, 11) is 0. The molecule has 0 saturated heterocycles. The van der Waals surface area contributed by atoms with E-state index in [0.29, 0.717) is 5.56 Å². The van der Waals surface area contributed by atoms with Crippen molar-refractivity contribution in [1.82, 2.24) is 5.32 Å². The summed E-state index contributed by atoms with van der Waals surface area (Å²) in [6.45, 7) is 5.24. The summed E-state index contributed by atoms with van der Waals surface area (Å²) < 4.78 is 0.962. The number of aryl methyl sites for hydroxylation is 1. The predicted octanol–water partition coefficient (Wildman–Crippen LogP) is 2.79. The van der Waals surface area contributed by atoms with Gasteiger partial charge in [0.05, 0.1) is 6.07 Å². The number of rotatable bonds is 2. The van der Waals surface area contributed by atoms with Gasteiger partial charge in [-0.1, -0.05) is 15.9 Å². The highest BCUT2D eigenvalue weighted by Crippen LogP contribution is 2.17. The van der Waals surface area contributed by atoms with E-state index in [-0.39, 0.29) is 5.91 Å². The fourth-order valence-electron chi connectivity index (χ4n) is 1.17. The van der Waals surface area contributed by atoms with Crippen LogP contribution in [0.5, 0.6) is 0 Å². The normalized spacial score (nSPS) is 10.7. The summed E-state index contributed by atoms with van der Waals surface area (Å²) in [4.78, 5) is 11.8. The van der Waals surface area contributed by atoms with Gasteiger partial charge in [-0.05, 0) is 44.5 Å². The van der Waals surface area contributed by atoms with Crippen LogP contribution in [-0.2, 0) is 0 Å². The highest BCUT2D eigenvalue weighted by molar-refractivity contribution is 9.10. The van der Waals surface area contributed by atoms with Gasteiger partial charge in [0.15, 0.2) is 0 Å². The van der Waals surface area contributed by atoms with Crippen molar-refractivity contribution in [3.63, 3.8) is 0 Å². The van der Waals surface area contributed by atoms with E-state index in [2.05, 4.69) is 21.2 Å². The van der Waals surface area contributed by atoms with Gasteiger partial charge >= 0.3 is 0 Å². The lowest BCUT2D eigenvalue weighted by molar-refractivity contribution is 0.0929. The molecule has 0 atom stereocenters. The van der Waals surface area contributed by atoms with Gasteiger partial charge in [-0.2, -0.15) is 5.26 Å². The van der Waals surface area contributed by atoms with Crippen molar-refractivity contribution in [2.75, 3.05) is 0 Å². The summed E-state index contributed by atoms with van der Waals surface area (Å²) in [5, 5.41) is 11.5. The van der Waals surface area contributed by atoms with Gasteiger partial charge in [0.25, 0.3) is 5.91 Å². The Labute approximate surface area is 104 Å². The molecule has 0 heterocycles. The number of nitriles is 1. The highest BCUT2D eigenvalue weighted by atomic mass is 79.9. The number of hydrogen-bond donors (Lipinski definition) is 1. The summed E-state index contributed by atoms with van der Waals surface area (Å²) in [5.74, 6) is -0.234. The molecule has 0 saturated carbocycles. The molecule has 0 radical (unpaired) electrons. The van der Waals surface area contributed by atoms with E-state index in [0.717, 1.165) is 10.0 Å². The second-order valence-corrected chi connectivity index (χ2v) is 5.01. The molecule has 0 fully saturated rings. The van der Waals surface area contributed by atoms with E-state index in [1.807, 2.05) is 19.1 Å². The third-order valence-electron chi connectivity index (χ3n) is 2.13. The molecule has 1 amide bonds. The molecule has 0 aromatic heterocycles. The van der Waals surface area contributed by atoms with Crippen LogP contribution < -0.4 is 5.32 Å². The maximum atomic E-state index is 11.8. The molecule has 1 aromatic carbocycles. The molecule has 84 valence electrons. The predicted molar refractivity (Wildman–Crippen MR) is 66.0 cm³/mol. The van der Waals surface area contributed by atoms with Crippen LogP contribution in [0.4, 0.5) is 0 Å². The number of carbonyl (C=O) groups is 1.